The molecule has 0 saturated heterocycles. The third-order valence-electron chi connectivity index (χ3n) is 2.83. The summed E-state index contributed by atoms with van der Waals surface area (Å²) in [6, 6.07) is 5.48. The highest BCUT2D eigenvalue weighted by atomic mass is 32.2. The second-order valence-electron chi connectivity index (χ2n) is 4.68. The average molecular weight is 379 g/mol. The Morgan fingerprint density at radius 3 is 2.50 bits per heavy atom. The van der Waals surface area contributed by atoms with Crippen molar-refractivity contribution in [2.75, 3.05) is 11.1 Å². The molecule has 0 bridgehead atoms. The summed E-state index contributed by atoms with van der Waals surface area (Å²) in [6.07, 6.45) is -4.30. The van der Waals surface area contributed by atoms with Crippen molar-refractivity contribution in [2.24, 2.45) is 0 Å². The second kappa shape index (κ2) is 6.85. The molecule has 2 aromatic rings. The molecule has 0 aliphatic carbocycles. The van der Waals surface area contributed by atoms with Gasteiger partial charge in [0.1, 0.15) is 0 Å². The van der Waals surface area contributed by atoms with E-state index in [9.17, 15) is 26.4 Å². The Kier molecular flexibility index (Phi) is 5.23. The van der Waals surface area contributed by atoms with Crippen molar-refractivity contribution in [3.8, 4) is 0 Å². The SMILES string of the molecule is CCCS(=O)(=O)c1ccccc1C(=O)Nc1nnc(C(F)(F)F)s1. The van der Waals surface area contributed by atoms with E-state index in [0.29, 0.717) is 6.42 Å². The van der Waals surface area contributed by atoms with Gasteiger partial charge in [-0.2, -0.15) is 13.2 Å². The number of benzene rings is 1. The molecule has 130 valence electrons. The zero-order valence-electron chi connectivity index (χ0n) is 12.3. The summed E-state index contributed by atoms with van der Waals surface area (Å²) in [6.45, 7) is 1.68. The first kappa shape index (κ1) is 18.3. The molecule has 1 amide bonds. The van der Waals surface area contributed by atoms with E-state index in [-0.39, 0.29) is 32.7 Å². The maximum absolute atomic E-state index is 12.5. The Labute approximate surface area is 139 Å². The van der Waals surface area contributed by atoms with Crippen molar-refractivity contribution in [3.63, 3.8) is 0 Å². The third-order valence-corrected chi connectivity index (χ3v) is 5.68. The van der Waals surface area contributed by atoms with Gasteiger partial charge in [0.25, 0.3) is 5.91 Å². The Hall–Kier alpha value is -2.01. The molecule has 0 aliphatic rings. The summed E-state index contributed by atoms with van der Waals surface area (Å²) in [5, 5.41) is 6.77. The lowest BCUT2D eigenvalue weighted by molar-refractivity contribution is -0.138. The molecule has 0 saturated carbocycles. The molecule has 2 rings (SSSR count). The summed E-state index contributed by atoms with van der Waals surface area (Å²) in [5.74, 6) is -1.01. The number of aromatic nitrogens is 2. The van der Waals surface area contributed by atoms with Crippen molar-refractivity contribution >= 4 is 32.2 Å². The van der Waals surface area contributed by atoms with Crippen molar-refractivity contribution in [1.82, 2.24) is 10.2 Å². The van der Waals surface area contributed by atoms with E-state index in [4.69, 9.17) is 0 Å². The summed E-state index contributed by atoms with van der Waals surface area (Å²) in [4.78, 5) is 12.1. The predicted octanol–water partition coefficient (Wildman–Crippen LogP) is 2.99. The Balaban J connectivity index is 2.30. The summed E-state index contributed by atoms with van der Waals surface area (Å²) in [5.41, 5.74) is -0.158. The predicted molar refractivity (Wildman–Crippen MR) is 81.7 cm³/mol. The van der Waals surface area contributed by atoms with Gasteiger partial charge in [0.05, 0.1) is 16.2 Å². The van der Waals surface area contributed by atoms with Gasteiger partial charge in [0.15, 0.2) is 9.84 Å². The van der Waals surface area contributed by atoms with Crippen molar-refractivity contribution in [1.29, 1.82) is 0 Å². The van der Waals surface area contributed by atoms with Gasteiger partial charge >= 0.3 is 6.18 Å². The lowest BCUT2D eigenvalue weighted by atomic mass is 10.2. The first-order valence-electron chi connectivity index (χ1n) is 6.69. The Bertz CT molecular complexity index is 847. The van der Waals surface area contributed by atoms with E-state index in [0.717, 1.165) is 0 Å². The lowest BCUT2D eigenvalue weighted by Gasteiger charge is -2.09. The monoisotopic (exact) mass is 379 g/mol. The number of rotatable bonds is 5. The third kappa shape index (κ3) is 4.09. The number of sulfone groups is 1. The van der Waals surface area contributed by atoms with Gasteiger partial charge in [-0.25, -0.2) is 8.42 Å². The van der Waals surface area contributed by atoms with Crippen LogP contribution in [0, 0.1) is 0 Å². The second-order valence-corrected chi connectivity index (χ2v) is 7.73. The summed E-state index contributed by atoms with van der Waals surface area (Å²) in [7, 11) is -3.67. The van der Waals surface area contributed by atoms with E-state index >= 15 is 0 Å². The fourth-order valence-electron chi connectivity index (χ4n) is 1.86. The number of hydrogen-bond acceptors (Lipinski definition) is 6. The van der Waals surface area contributed by atoms with Crippen LogP contribution in [-0.4, -0.2) is 30.3 Å². The van der Waals surface area contributed by atoms with Gasteiger partial charge in [-0.3, -0.25) is 10.1 Å². The lowest BCUT2D eigenvalue weighted by Crippen LogP contribution is -2.17. The fourth-order valence-corrected chi connectivity index (χ4v) is 4.00. The highest BCUT2D eigenvalue weighted by Gasteiger charge is 2.36. The van der Waals surface area contributed by atoms with E-state index in [1.165, 1.54) is 24.3 Å². The van der Waals surface area contributed by atoms with E-state index in [1.807, 2.05) is 0 Å². The normalized spacial score (nSPS) is 12.2. The standard InChI is InChI=1S/C13H12F3N3O3S2/c1-2-7-24(21,22)9-6-4-3-5-8(9)10(20)17-12-19-18-11(23-12)13(14,15)16/h3-6H,2,7H2,1H3,(H,17,19,20). The zero-order valence-corrected chi connectivity index (χ0v) is 13.9. The van der Waals surface area contributed by atoms with Crippen LogP contribution in [0.25, 0.3) is 0 Å². The van der Waals surface area contributed by atoms with E-state index in [1.54, 1.807) is 6.92 Å². The van der Waals surface area contributed by atoms with Gasteiger partial charge < -0.3 is 0 Å². The number of anilines is 1. The highest BCUT2D eigenvalue weighted by Crippen LogP contribution is 2.33. The van der Waals surface area contributed by atoms with Gasteiger partial charge in [-0.1, -0.05) is 30.4 Å². The van der Waals surface area contributed by atoms with Crippen molar-refractivity contribution < 1.29 is 26.4 Å². The van der Waals surface area contributed by atoms with Gasteiger partial charge in [-0.15, -0.1) is 10.2 Å². The Morgan fingerprint density at radius 2 is 1.92 bits per heavy atom. The van der Waals surface area contributed by atoms with E-state index in [2.05, 4.69) is 15.5 Å². The number of carbonyl (C=O) groups is 1. The number of carbonyl (C=O) groups excluding carboxylic acids is 1. The fraction of sp³-hybridized carbons (Fsp3) is 0.308. The molecular weight excluding hydrogens is 367 g/mol. The van der Waals surface area contributed by atoms with E-state index < -0.39 is 26.9 Å². The molecule has 0 aliphatic heterocycles. The minimum Gasteiger partial charge on any atom is -0.296 e. The number of halogens is 3. The maximum Gasteiger partial charge on any atom is 0.445 e. The topological polar surface area (TPSA) is 89.0 Å². The van der Waals surface area contributed by atoms with Crippen LogP contribution < -0.4 is 5.32 Å². The molecule has 24 heavy (non-hydrogen) atoms. The van der Waals surface area contributed by atoms with Gasteiger partial charge in [0.2, 0.25) is 10.1 Å². The van der Waals surface area contributed by atoms with Crippen LogP contribution in [0.3, 0.4) is 0 Å². The maximum atomic E-state index is 12.5. The van der Waals surface area contributed by atoms with Crippen LogP contribution >= 0.6 is 11.3 Å². The van der Waals surface area contributed by atoms with Gasteiger partial charge in [-0.05, 0) is 18.6 Å². The minimum atomic E-state index is -4.66. The smallest absolute Gasteiger partial charge is 0.296 e. The Morgan fingerprint density at radius 1 is 1.25 bits per heavy atom. The number of amides is 1. The number of alkyl halides is 3. The van der Waals surface area contributed by atoms with Crippen molar-refractivity contribution in [2.45, 2.75) is 24.4 Å². The summed E-state index contributed by atoms with van der Waals surface area (Å²) >= 11 is 0.158. The molecule has 11 heteroatoms. The molecule has 1 N–H and O–H groups in total. The molecule has 1 aromatic heterocycles. The molecule has 0 atom stereocenters. The molecule has 6 nitrogen and oxygen atoms in total. The van der Waals surface area contributed by atoms with Crippen molar-refractivity contribution in [3.05, 3.63) is 34.8 Å². The van der Waals surface area contributed by atoms with Crippen LogP contribution in [0.1, 0.15) is 28.7 Å². The molecule has 0 unspecified atom stereocenters. The number of hydrogen-bond donors (Lipinski definition) is 1. The quantitative estimate of drug-likeness (QED) is 0.863. The number of nitrogens with zero attached hydrogens (tertiary/aromatic N) is 2. The van der Waals surface area contributed by atoms with Crippen LogP contribution in [0.5, 0.6) is 0 Å². The van der Waals surface area contributed by atoms with Crippen LogP contribution in [0.2, 0.25) is 0 Å². The minimum absolute atomic E-state index is 0.145. The first-order chi connectivity index (χ1) is 11.1. The largest absolute Gasteiger partial charge is 0.445 e. The van der Waals surface area contributed by atoms with Crippen LogP contribution in [0.4, 0.5) is 18.3 Å². The zero-order chi connectivity index (χ0) is 18.0. The average Bonchev–Trinajstić information content (AvgIpc) is 2.96. The molecule has 0 fully saturated rings. The molecule has 1 aromatic carbocycles. The first-order valence-corrected chi connectivity index (χ1v) is 9.16. The van der Waals surface area contributed by atoms with Gasteiger partial charge in [0, 0.05) is 0 Å². The molecule has 0 spiro atoms. The highest BCUT2D eigenvalue weighted by molar-refractivity contribution is 7.91. The van der Waals surface area contributed by atoms with Crippen LogP contribution in [-0.2, 0) is 16.0 Å². The molecule has 0 radical (unpaired) electrons. The van der Waals surface area contributed by atoms with Crippen LogP contribution in [0.15, 0.2) is 29.2 Å². The summed E-state index contributed by atoms with van der Waals surface area (Å²) < 4.78 is 61.8. The molecular formula is C13H12F3N3O3S2. The molecule has 1 heterocycles. The number of nitrogens with one attached hydrogen (secondary N) is 1.